The van der Waals surface area contributed by atoms with Gasteiger partial charge in [0.15, 0.2) is 0 Å². The standard InChI is InChI=1S/C14H17NOS/c1-10(11-6-8-17-9-11)15-13-3-2-4-14-12(13)5-7-16-14/h5-10,13,15H,2-4H2,1H3. The summed E-state index contributed by atoms with van der Waals surface area (Å²) < 4.78 is 5.52. The molecule has 90 valence electrons. The van der Waals surface area contributed by atoms with Gasteiger partial charge < -0.3 is 9.73 Å². The Hall–Kier alpha value is -1.06. The lowest BCUT2D eigenvalue weighted by Crippen LogP contribution is -2.26. The van der Waals surface area contributed by atoms with Crippen molar-refractivity contribution in [3.63, 3.8) is 0 Å². The first-order valence-electron chi connectivity index (χ1n) is 6.19. The Kier molecular flexibility index (Phi) is 3.04. The van der Waals surface area contributed by atoms with Crippen LogP contribution in [-0.4, -0.2) is 0 Å². The number of nitrogens with one attached hydrogen (secondary N) is 1. The summed E-state index contributed by atoms with van der Waals surface area (Å²) in [5, 5.41) is 8.07. The Morgan fingerprint density at radius 3 is 3.24 bits per heavy atom. The van der Waals surface area contributed by atoms with Crippen molar-refractivity contribution in [2.45, 2.75) is 38.3 Å². The molecule has 0 fully saturated rings. The molecule has 2 aromatic rings. The highest BCUT2D eigenvalue weighted by atomic mass is 32.1. The van der Waals surface area contributed by atoms with Gasteiger partial charge in [0, 0.05) is 24.1 Å². The third-order valence-corrected chi connectivity index (χ3v) is 4.25. The van der Waals surface area contributed by atoms with Crippen molar-refractivity contribution in [3.05, 3.63) is 46.0 Å². The predicted octanol–water partition coefficient (Wildman–Crippen LogP) is 4.07. The molecule has 2 aromatic heterocycles. The molecule has 0 bridgehead atoms. The van der Waals surface area contributed by atoms with Gasteiger partial charge in [-0.05, 0) is 48.2 Å². The van der Waals surface area contributed by atoms with Crippen LogP contribution in [0, 0.1) is 0 Å². The molecule has 0 saturated heterocycles. The maximum Gasteiger partial charge on any atom is 0.108 e. The number of hydrogen-bond donors (Lipinski definition) is 1. The normalized spacial score (nSPS) is 21.1. The number of aryl methyl sites for hydroxylation is 1. The zero-order valence-electron chi connectivity index (χ0n) is 9.98. The van der Waals surface area contributed by atoms with Crippen molar-refractivity contribution in [3.8, 4) is 0 Å². The molecular weight excluding hydrogens is 230 g/mol. The molecule has 3 heteroatoms. The van der Waals surface area contributed by atoms with E-state index in [1.54, 1.807) is 11.3 Å². The van der Waals surface area contributed by atoms with Crippen molar-refractivity contribution >= 4 is 11.3 Å². The Balaban J connectivity index is 1.75. The maximum atomic E-state index is 5.52. The van der Waals surface area contributed by atoms with E-state index in [-0.39, 0.29) is 0 Å². The van der Waals surface area contributed by atoms with Crippen LogP contribution < -0.4 is 5.32 Å². The number of furan rings is 1. The molecule has 0 amide bonds. The van der Waals surface area contributed by atoms with E-state index in [4.69, 9.17) is 4.42 Å². The highest BCUT2D eigenvalue weighted by Gasteiger charge is 2.23. The van der Waals surface area contributed by atoms with Crippen LogP contribution in [-0.2, 0) is 6.42 Å². The number of rotatable bonds is 3. The zero-order valence-corrected chi connectivity index (χ0v) is 10.8. The summed E-state index contributed by atoms with van der Waals surface area (Å²) in [4.78, 5) is 0. The van der Waals surface area contributed by atoms with E-state index in [1.807, 2.05) is 6.26 Å². The lowest BCUT2D eigenvalue weighted by Gasteiger charge is -2.26. The first-order valence-corrected chi connectivity index (χ1v) is 7.13. The number of thiophene rings is 1. The molecule has 2 nitrogen and oxygen atoms in total. The summed E-state index contributed by atoms with van der Waals surface area (Å²) in [5.41, 5.74) is 2.74. The second-order valence-corrected chi connectivity index (χ2v) is 5.47. The number of fused-ring (bicyclic) bond motifs is 1. The van der Waals surface area contributed by atoms with Gasteiger partial charge in [-0.15, -0.1) is 0 Å². The van der Waals surface area contributed by atoms with Crippen molar-refractivity contribution in [1.82, 2.24) is 5.32 Å². The Morgan fingerprint density at radius 2 is 2.41 bits per heavy atom. The summed E-state index contributed by atoms with van der Waals surface area (Å²) in [7, 11) is 0. The lowest BCUT2D eigenvalue weighted by atomic mass is 9.92. The summed E-state index contributed by atoms with van der Waals surface area (Å²) in [6.07, 6.45) is 5.34. The molecule has 2 unspecified atom stereocenters. The van der Waals surface area contributed by atoms with Crippen LogP contribution in [0.2, 0.25) is 0 Å². The molecule has 2 heterocycles. The summed E-state index contributed by atoms with van der Waals surface area (Å²) in [5.74, 6) is 1.17. The molecule has 2 atom stereocenters. The smallest absolute Gasteiger partial charge is 0.108 e. The van der Waals surface area contributed by atoms with Gasteiger partial charge in [0.1, 0.15) is 5.76 Å². The van der Waals surface area contributed by atoms with Crippen molar-refractivity contribution in [2.75, 3.05) is 0 Å². The molecule has 1 aliphatic carbocycles. The maximum absolute atomic E-state index is 5.52. The van der Waals surface area contributed by atoms with E-state index in [9.17, 15) is 0 Å². The van der Waals surface area contributed by atoms with Gasteiger partial charge in [-0.25, -0.2) is 0 Å². The first kappa shape index (κ1) is 11.1. The molecule has 3 rings (SSSR count). The van der Waals surface area contributed by atoms with Crippen LogP contribution in [0.4, 0.5) is 0 Å². The third-order valence-electron chi connectivity index (χ3n) is 3.55. The van der Waals surface area contributed by atoms with Crippen LogP contribution in [0.5, 0.6) is 0 Å². The molecule has 0 spiro atoms. The van der Waals surface area contributed by atoms with Crippen molar-refractivity contribution in [1.29, 1.82) is 0 Å². The van der Waals surface area contributed by atoms with Crippen LogP contribution in [0.3, 0.4) is 0 Å². The minimum Gasteiger partial charge on any atom is -0.469 e. The van der Waals surface area contributed by atoms with Gasteiger partial charge in [0.2, 0.25) is 0 Å². The zero-order chi connectivity index (χ0) is 11.7. The van der Waals surface area contributed by atoms with E-state index >= 15 is 0 Å². The molecule has 0 aliphatic heterocycles. The SMILES string of the molecule is CC(NC1CCCc2occc21)c1ccsc1. The minimum absolute atomic E-state index is 0.409. The van der Waals surface area contributed by atoms with Gasteiger partial charge in [-0.1, -0.05) is 0 Å². The lowest BCUT2D eigenvalue weighted by molar-refractivity contribution is 0.386. The van der Waals surface area contributed by atoms with E-state index in [0.29, 0.717) is 12.1 Å². The number of hydrogen-bond acceptors (Lipinski definition) is 3. The molecule has 0 aromatic carbocycles. The Bertz CT molecular complexity index is 474. The average molecular weight is 247 g/mol. The first-order chi connectivity index (χ1) is 8.34. The molecule has 1 aliphatic rings. The topological polar surface area (TPSA) is 25.2 Å². The largest absolute Gasteiger partial charge is 0.469 e. The summed E-state index contributed by atoms with van der Waals surface area (Å²) in [6.45, 7) is 2.23. The highest BCUT2D eigenvalue weighted by molar-refractivity contribution is 7.07. The van der Waals surface area contributed by atoms with Gasteiger partial charge >= 0.3 is 0 Å². The summed E-state index contributed by atoms with van der Waals surface area (Å²) in [6, 6.07) is 5.17. The Morgan fingerprint density at radius 1 is 1.47 bits per heavy atom. The van der Waals surface area contributed by atoms with E-state index in [0.717, 1.165) is 6.42 Å². The van der Waals surface area contributed by atoms with Crippen LogP contribution in [0.1, 0.15) is 48.7 Å². The van der Waals surface area contributed by atoms with Crippen molar-refractivity contribution < 1.29 is 4.42 Å². The average Bonchev–Trinajstić information content (AvgIpc) is 3.00. The fraction of sp³-hybridized carbons (Fsp3) is 0.429. The van der Waals surface area contributed by atoms with Gasteiger partial charge in [-0.2, -0.15) is 11.3 Å². The second kappa shape index (κ2) is 4.67. The van der Waals surface area contributed by atoms with Crippen molar-refractivity contribution in [2.24, 2.45) is 0 Å². The highest BCUT2D eigenvalue weighted by Crippen LogP contribution is 2.32. The van der Waals surface area contributed by atoms with E-state index in [2.05, 4.69) is 35.1 Å². The minimum atomic E-state index is 0.409. The molecule has 0 saturated carbocycles. The van der Waals surface area contributed by atoms with Crippen LogP contribution in [0.15, 0.2) is 33.6 Å². The quantitative estimate of drug-likeness (QED) is 0.884. The second-order valence-electron chi connectivity index (χ2n) is 4.69. The monoisotopic (exact) mass is 247 g/mol. The van der Waals surface area contributed by atoms with Crippen LogP contribution >= 0.6 is 11.3 Å². The molecule has 1 N–H and O–H groups in total. The van der Waals surface area contributed by atoms with Gasteiger partial charge in [0.05, 0.1) is 6.26 Å². The predicted molar refractivity (Wildman–Crippen MR) is 70.3 cm³/mol. The fourth-order valence-corrected chi connectivity index (χ4v) is 3.33. The van der Waals surface area contributed by atoms with Gasteiger partial charge in [0.25, 0.3) is 0 Å². The molecule has 17 heavy (non-hydrogen) atoms. The molecule has 0 radical (unpaired) electrons. The fourth-order valence-electron chi connectivity index (χ4n) is 2.58. The summed E-state index contributed by atoms with van der Waals surface area (Å²) >= 11 is 1.76. The third kappa shape index (κ3) is 2.17. The van der Waals surface area contributed by atoms with E-state index < -0.39 is 0 Å². The van der Waals surface area contributed by atoms with Gasteiger partial charge in [-0.3, -0.25) is 0 Å². The Labute approximate surface area is 106 Å². The van der Waals surface area contributed by atoms with Crippen LogP contribution in [0.25, 0.3) is 0 Å². The molecular formula is C14H17NOS. The van der Waals surface area contributed by atoms with E-state index in [1.165, 1.54) is 29.7 Å².